The highest BCUT2D eigenvalue weighted by Crippen LogP contribution is 2.21. The van der Waals surface area contributed by atoms with Crippen LogP contribution in [0, 0.1) is 11.6 Å². The van der Waals surface area contributed by atoms with Gasteiger partial charge in [-0.2, -0.15) is 5.10 Å². The monoisotopic (exact) mass is 320 g/mol. The molecule has 1 aromatic heterocycles. The van der Waals surface area contributed by atoms with Gasteiger partial charge in [-0.05, 0) is 18.6 Å². The van der Waals surface area contributed by atoms with Crippen molar-refractivity contribution in [2.45, 2.75) is 12.5 Å². The fraction of sp³-hybridized carbons (Fsp3) is 0.267. The van der Waals surface area contributed by atoms with Gasteiger partial charge < -0.3 is 10.2 Å². The van der Waals surface area contributed by atoms with Crippen molar-refractivity contribution in [2.24, 2.45) is 7.05 Å². The summed E-state index contributed by atoms with van der Waals surface area (Å²) in [6, 6.07) is 2.35. The highest BCUT2D eigenvalue weighted by Gasteiger charge is 2.35. The lowest BCUT2D eigenvalue weighted by Gasteiger charge is -2.15. The van der Waals surface area contributed by atoms with Crippen molar-refractivity contribution in [2.75, 3.05) is 11.4 Å². The van der Waals surface area contributed by atoms with Crippen molar-refractivity contribution in [3.63, 3.8) is 0 Å². The van der Waals surface area contributed by atoms with Crippen LogP contribution in [-0.2, 0) is 11.8 Å². The molecule has 8 heteroatoms. The molecule has 0 spiro atoms. The number of nitrogens with zero attached hydrogens (tertiary/aromatic N) is 3. The number of carbonyl (C=O) groups is 2. The van der Waals surface area contributed by atoms with Crippen molar-refractivity contribution in [3.05, 3.63) is 47.8 Å². The molecule has 3 rings (SSSR count). The zero-order valence-corrected chi connectivity index (χ0v) is 12.3. The number of anilines is 1. The molecule has 120 valence electrons. The quantitative estimate of drug-likeness (QED) is 0.925. The van der Waals surface area contributed by atoms with Gasteiger partial charge in [0, 0.05) is 19.8 Å². The summed E-state index contributed by atoms with van der Waals surface area (Å²) in [6.07, 6.45) is 3.58. The van der Waals surface area contributed by atoms with E-state index >= 15 is 0 Å². The number of hydrogen-bond acceptors (Lipinski definition) is 3. The molecule has 0 radical (unpaired) electrons. The number of nitrogens with one attached hydrogen (secondary N) is 1. The molecule has 2 heterocycles. The van der Waals surface area contributed by atoms with E-state index in [2.05, 4.69) is 10.4 Å². The van der Waals surface area contributed by atoms with E-state index < -0.39 is 29.1 Å². The third kappa shape index (κ3) is 2.79. The Morgan fingerprint density at radius 3 is 2.65 bits per heavy atom. The van der Waals surface area contributed by atoms with Crippen LogP contribution in [0.4, 0.5) is 14.5 Å². The summed E-state index contributed by atoms with van der Waals surface area (Å²) in [4.78, 5) is 25.9. The molecular formula is C15H14F2N4O2. The second-order valence-corrected chi connectivity index (χ2v) is 5.27. The van der Waals surface area contributed by atoms with E-state index in [9.17, 15) is 18.4 Å². The van der Waals surface area contributed by atoms with Crippen molar-refractivity contribution >= 4 is 17.5 Å². The number of aryl methyl sites for hydroxylation is 1. The maximum atomic E-state index is 13.6. The largest absolute Gasteiger partial charge is 0.340 e. The Kier molecular flexibility index (Phi) is 3.81. The average Bonchev–Trinajstić information content (AvgIpc) is 3.06. The van der Waals surface area contributed by atoms with E-state index in [-0.39, 0.29) is 5.91 Å². The van der Waals surface area contributed by atoms with Crippen LogP contribution in [-0.4, -0.2) is 34.2 Å². The molecule has 1 aromatic carbocycles. The van der Waals surface area contributed by atoms with Crippen molar-refractivity contribution < 1.29 is 18.4 Å². The molecule has 0 bridgehead atoms. The number of benzene rings is 1. The van der Waals surface area contributed by atoms with Gasteiger partial charge >= 0.3 is 0 Å². The van der Waals surface area contributed by atoms with Crippen LogP contribution in [0.2, 0.25) is 0 Å². The Balaban J connectivity index is 1.74. The molecule has 23 heavy (non-hydrogen) atoms. The van der Waals surface area contributed by atoms with Crippen LogP contribution in [0.5, 0.6) is 0 Å². The summed E-state index contributed by atoms with van der Waals surface area (Å²) in [7, 11) is 1.73. The van der Waals surface area contributed by atoms with E-state index in [1.807, 2.05) is 0 Å². The first-order valence-electron chi connectivity index (χ1n) is 7.02. The lowest BCUT2D eigenvalue weighted by molar-refractivity contribution is -0.118. The minimum atomic E-state index is -0.961. The number of aromatic nitrogens is 2. The summed E-state index contributed by atoms with van der Waals surface area (Å²) < 4.78 is 28.8. The second kappa shape index (κ2) is 5.79. The third-order valence-corrected chi connectivity index (χ3v) is 3.70. The maximum absolute atomic E-state index is 13.6. The molecule has 2 amide bonds. The topological polar surface area (TPSA) is 67.2 Å². The Labute approximate surface area is 130 Å². The predicted octanol–water partition coefficient (Wildman–Crippen LogP) is 1.23. The van der Waals surface area contributed by atoms with Crippen molar-refractivity contribution in [1.82, 2.24) is 15.1 Å². The van der Waals surface area contributed by atoms with Gasteiger partial charge in [0.05, 0.1) is 11.9 Å². The number of hydrogen-bond donors (Lipinski definition) is 1. The van der Waals surface area contributed by atoms with Gasteiger partial charge in [-0.3, -0.25) is 14.3 Å². The first-order chi connectivity index (χ1) is 11.0. The van der Waals surface area contributed by atoms with Crippen LogP contribution in [0.25, 0.3) is 0 Å². The Bertz CT molecular complexity index is 754. The van der Waals surface area contributed by atoms with Crippen molar-refractivity contribution in [1.29, 1.82) is 0 Å². The third-order valence-electron chi connectivity index (χ3n) is 3.70. The molecule has 1 atom stereocenters. The van der Waals surface area contributed by atoms with E-state index in [0.717, 1.165) is 12.1 Å². The molecule has 1 N–H and O–H groups in total. The van der Waals surface area contributed by atoms with E-state index in [1.54, 1.807) is 24.1 Å². The number of halogens is 2. The maximum Gasteiger partial charge on any atom is 0.257 e. The van der Waals surface area contributed by atoms with Crippen LogP contribution in [0.3, 0.4) is 0 Å². The number of amides is 2. The minimum Gasteiger partial charge on any atom is -0.340 e. The summed E-state index contributed by atoms with van der Waals surface area (Å²) in [5.74, 6) is -3.19. The first-order valence-corrected chi connectivity index (χ1v) is 7.02. The lowest BCUT2D eigenvalue weighted by atomic mass is 10.1. The Hall–Kier alpha value is -2.77. The van der Waals surface area contributed by atoms with Crippen molar-refractivity contribution in [3.8, 4) is 0 Å². The van der Waals surface area contributed by atoms with E-state index in [1.165, 1.54) is 11.0 Å². The smallest absolute Gasteiger partial charge is 0.257 e. The standard InChI is InChI=1S/C15H14F2N4O2/c1-20-8-9(7-18-20)21-6-5-12(15(21)23)19-14(22)13-10(16)3-2-4-11(13)17/h2-4,7-8,12H,5-6H2,1H3,(H,19,22). The lowest BCUT2D eigenvalue weighted by Crippen LogP contribution is -2.42. The van der Waals surface area contributed by atoms with Crippen LogP contribution < -0.4 is 10.2 Å². The van der Waals surface area contributed by atoms with Gasteiger partial charge in [-0.25, -0.2) is 8.78 Å². The summed E-state index contributed by atoms with van der Waals surface area (Å²) in [6.45, 7) is 0.398. The zero-order chi connectivity index (χ0) is 16.6. The number of carbonyl (C=O) groups excluding carboxylic acids is 2. The highest BCUT2D eigenvalue weighted by atomic mass is 19.1. The van der Waals surface area contributed by atoms with E-state index in [4.69, 9.17) is 0 Å². The molecular weight excluding hydrogens is 306 g/mol. The summed E-state index contributed by atoms with van der Waals surface area (Å²) in [5, 5.41) is 6.38. The van der Waals surface area contributed by atoms with Gasteiger partial charge in [-0.1, -0.05) is 6.07 Å². The first kappa shape index (κ1) is 15.1. The van der Waals surface area contributed by atoms with Gasteiger partial charge in [0.25, 0.3) is 5.91 Å². The Morgan fingerprint density at radius 1 is 1.35 bits per heavy atom. The molecule has 2 aromatic rings. The fourth-order valence-electron chi connectivity index (χ4n) is 2.56. The zero-order valence-electron chi connectivity index (χ0n) is 12.3. The molecule has 1 unspecified atom stereocenters. The normalized spacial score (nSPS) is 17.6. The molecule has 1 aliphatic rings. The fourth-order valence-corrected chi connectivity index (χ4v) is 2.56. The van der Waals surface area contributed by atoms with Gasteiger partial charge in [-0.15, -0.1) is 0 Å². The minimum absolute atomic E-state index is 0.330. The Morgan fingerprint density at radius 2 is 2.04 bits per heavy atom. The van der Waals surface area contributed by atoms with Gasteiger partial charge in [0.2, 0.25) is 5.91 Å². The number of rotatable bonds is 3. The molecule has 1 fully saturated rings. The molecule has 6 nitrogen and oxygen atoms in total. The molecule has 1 aliphatic heterocycles. The molecule has 0 aliphatic carbocycles. The molecule has 1 saturated heterocycles. The van der Waals surface area contributed by atoms with Gasteiger partial charge in [0.1, 0.15) is 23.2 Å². The average molecular weight is 320 g/mol. The predicted molar refractivity (Wildman–Crippen MR) is 77.8 cm³/mol. The highest BCUT2D eigenvalue weighted by molar-refractivity contribution is 6.03. The van der Waals surface area contributed by atoms with E-state index in [0.29, 0.717) is 18.7 Å². The van der Waals surface area contributed by atoms with Crippen LogP contribution >= 0.6 is 0 Å². The summed E-state index contributed by atoms with van der Waals surface area (Å²) in [5.41, 5.74) is -0.0635. The van der Waals surface area contributed by atoms with Gasteiger partial charge in [0.15, 0.2) is 0 Å². The van der Waals surface area contributed by atoms with Crippen LogP contribution in [0.1, 0.15) is 16.8 Å². The second-order valence-electron chi connectivity index (χ2n) is 5.27. The molecule has 0 saturated carbocycles. The summed E-state index contributed by atoms with van der Waals surface area (Å²) >= 11 is 0. The van der Waals surface area contributed by atoms with Crippen LogP contribution in [0.15, 0.2) is 30.6 Å². The SMILES string of the molecule is Cn1cc(N2CCC(NC(=O)c3c(F)cccc3F)C2=O)cn1.